The molecule has 0 fully saturated rings. The molecule has 0 aliphatic carbocycles. The van der Waals surface area contributed by atoms with Crippen molar-refractivity contribution in [2.45, 2.75) is 0 Å². The van der Waals surface area contributed by atoms with Gasteiger partial charge in [-0.25, -0.2) is 9.97 Å². The molecule has 0 N–H and O–H groups in total. The van der Waals surface area contributed by atoms with Crippen LogP contribution in [0.1, 0.15) is 0 Å². The highest BCUT2D eigenvalue weighted by Crippen LogP contribution is 2.48. The van der Waals surface area contributed by atoms with E-state index in [0.717, 1.165) is 33.8 Å². The van der Waals surface area contributed by atoms with Crippen molar-refractivity contribution in [2.75, 3.05) is 0 Å². The molecule has 4 heterocycles. The van der Waals surface area contributed by atoms with Gasteiger partial charge in [-0.05, 0) is 71.4 Å². The van der Waals surface area contributed by atoms with E-state index in [9.17, 15) is 0 Å². The fourth-order valence-electron chi connectivity index (χ4n) is 8.52. The summed E-state index contributed by atoms with van der Waals surface area (Å²) >= 11 is 3.72. The van der Waals surface area contributed by atoms with Gasteiger partial charge < -0.3 is 4.57 Å². The summed E-state index contributed by atoms with van der Waals surface area (Å²) in [5.41, 5.74) is 8.50. The van der Waals surface area contributed by atoms with Crippen LogP contribution in [-0.2, 0) is 0 Å². The molecule has 0 saturated carbocycles. The second-order valence-electron chi connectivity index (χ2n) is 14.1. The monoisotopic (exact) mass is 735 g/mol. The van der Waals surface area contributed by atoms with Crippen LogP contribution in [0.4, 0.5) is 0 Å². The van der Waals surface area contributed by atoms with Crippen LogP contribution in [0.5, 0.6) is 0 Å². The summed E-state index contributed by atoms with van der Waals surface area (Å²) in [5.74, 6) is 0.707. The molecule has 256 valence electrons. The van der Waals surface area contributed by atoms with Gasteiger partial charge in [0, 0.05) is 68.8 Å². The smallest absolute Gasteiger partial charge is 0.160 e. The first-order chi connectivity index (χ1) is 27.3. The van der Waals surface area contributed by atoms with Crippen molar-refractivity contribution in [3.05, 3.63) is 176 Å². The highest BCUT2D eigenvalue weighted by atomic mass is 32.1. The molecule has 0 spiro atoms. The van der Waals surface area contributed by atoms with Crippen LogP contribution in [0.25, 0.3) is 113 Å². The lowest BCUT2D eigenvalue weighted by Gasteiger charge is -2.12. The van der Waals surface area contributed by atoms with Gasteiger partial charge in [-0.1, -0.05) is 115 Å². The average Bonchev–Trinajstić information content (AvgIpc) is 3.94. The zero-order valence-electron chi connectivity index (χ0n) is 29.4. The Balaban J connectivity index is 1.06. The van der Waals surface area contributed by atoms with E-state index in [4.69, 9.17) is 9.97 Å². The van der Waals surface area contributed by atoms with E-state index in [1.165, 1.54) is 72.9 Å². The summed E-state index contributed by atoms with van der Waals surface area (Å²) in [5, 5.41) is 10.3. The first kappa shape index (κ1) is 30.8. The molecule has 8 aromatic carbocycles. The Labute approximate surface area is 324 Å². The molecule has 12 aromatic rings. The van der Waals surface area contributed by atoms with Crippen LogP contribution in [0.15, 0.2) is 176 Å². The standard InChI is InChI=1S/C50H29N3S2/c1-2-12-30(13-3-1)40-29-41(32-24-27-45-39(28-32)34-14-7-10-20-43(34)54-45)52-50(51-40)31-22-25-33(26-23-31)53-42-19-9-6-17-37(42)46-35-15-4-5-16-36(35)47-38-18-8-11-21-44(38)55-49(47)48(46)53/h1-29H. The Morgan fingerprint density at radius 1 is 0.382 bits per heavy atom. The summed E-state index contributed by atoms with van der Waals surface area (Å²) < 4.78 is 7.66. The normalized spacial score (nSPS) is 12.0. The molecule has 0 aliphatic rings. The van der Waals surface area contributed by atoms with Crippen molar-refractivity contribution in [3.63, 3.8) is 0 Å². The maximum absolute atomic E-state index is 5.25. The van der Waals surface area contributed by atoms with Gasteiger partial charge in [-0.3, -0.25) is 0 Å². The van der Waals surface area contributed by atoms with Crippen LogP contribution < -0.4 is 0 Å². The SMILES string of the molecule is c1ccc(-c2cc(-c3ccc4sc5ccccc5c4c3)nc(-c3ccc(-n4c5ccccc5c5c6ccccc6c6c7ccccc7sc6c54)cc3)n2)cc1. The van der Waals surface area contributed by atoms with Gasteiger partial charge in [0.15, 0.2) is 5.82 Å². The molecule has 0 amide bonds. The third-order valence-corrected chi connectivity index (χ3v) is 13.3. The minimum atomic E-state index is 0.707. The van der Waals surface area contributed by atoms with Gasteiger partial charge in [-0.15, -0.1) is 22.7 Å². The lowest BCUT2D eigenvalue weighted by Crippen LogP contribution is -1.97. The number of hydrogen-bond donors (Lipinski definition) is 0. The summed E-state index contributed by atoms with van der Waals surface area (Å²) in [6.45, 7) is 0. The van der Waals surface area contributed by atoms with E-state index in [1.54, 1.807) is 0 Å². The van der Waals surface area contributed by atoms with Gasteiger partial charge in [-0.2, -0.15) is 0 Å². The third kappa shape index (κ3) is 4.67. The minimum Gasteiger partial charge on any atom is -0.308 e. The Morgan fingerprint density at radius 2 is 0.964 bits per heavy atom. The Morgan fingerprint density at radius 3 is 1.75 bits per heavy atom. The highest BCUT2D eigenvalue weighted by molar-refractivity contribution is 7.27. The number of rotatable bonds is 4. The lowest BCUT2D eigenvalue weighted by atomic mass is 9.99. The third-order valence-electron chi connectivity index (χ3n) is 11.0. The fourth-order valence-corrected chi connectivity index (χ4v) is 10.9. The zero-order chi connectivity index (χ0) is 36.0. The van der Waals surface area contributed by atoms with Crippen LogP contribution in [0.3, 0.4) is 0 Å². The largest absolute Gasteiger partial charge is 0.308 e. The minimum absolute atomic E-state index is 0.707. The predicted octanol–water partition coefficient (Wildman–Crippen LogP) is 14.5. The van der Waals surface area contributed by atoms with Crippen LogP contribution >= 0.6 is 22.7 Å². The van der Waals surface area contributed by atoms with Gasteiger partial charge in [0.05, 0.1) is 27.1 Å². The van der Waals surface area contributed by atoms with Crippen LogP contribution in [-0.4, -0.2) is 14.5 Å². The average molecular weight is 736 g/mol. The molecule has 0 unspecified atom stereocenters. The highest BCUT2D eigenvalue weighted by Gasteiger charge is 2.22. The molecule has 0 saturated heterocycles. The Kier molecular flexibility index (Phi) is 6.67. The van der Waals surface area contributed by atoms with E-state index in [2.05, 4.69) is 174 Å². The van der Waals surface area contributed by atoms with Crippen LogP contribution in [0, 0.1) is 0 Å². The lowest BCUT2D eigenvalue weighted by molar-refractivity contribution is 1.17. The fraction of sp³-hybridized carbons (Fsp3) is 0. The summed E-state index contributed by atoms with van der Waals surface area (Å²) in [4.78, 5) is 10.4. The molecule has 0 radical (unpaired) electrons. The van der Waals surface area contributed by atoms with Crippen molar-refractivity contribution in [2.24, 2.45) is 0 Å². The van der Waals surface area contributed by atoms with Crippen molar-refractivity contribution in [1.29, 1.82) is 0 Å². The molecular weight excluding hydrogens is 707 g/mol. The van der Waals surface area contributed by atoms with Gasteiger partial charge in [0.1, 0.15) is 0 Å². The molecule has 55 heavy (non-hydrogen) atoms. The number of benzene rings is 8. The predicted molar refractivity (Wildman–Crippen MR) is 236 cm³/mol. The Bertz CT molecular complexity index is 3480. The summed E-state index contributed by atoms with van der Waals surface area (Å²) in [6, 6.07) is 63.3. The second kappa shape index (κ2) is 11.9. The van der Waals surface area contributed by atoms with Crippen molar-refractivity contribution in [1.82, 2.24) is 14.5 Å². The number of thiophene rings is 2. The molecule has 3 nitrogen and oxygen atoms in total. The molecule has 12 rings (SSSR count). The van der Waals surface area contributed by atoms with Gasteiger partial charge in [0.2, 0.25) is 0 Å². The number of nitrogens with zero attached hydrogens (tertiary/aromatic N) is 3. The van der Waals surface area contributed by atoms with Gasteiger partial charge in [0.25, 0.3) is 0 Å². The van der Waals surface area contributed by atoms with E-state index >= 15 is 0 Å². The second-order valence-corrected chi connectivity index (χ2v) is 16.2. The van der Waals surface area contributed by atoms with Crippen molar-refractivity contribution < 1.29 is 0 Å². The first-order valence-electron chi connectivity index (χ1n) is 18.5. The molecule has 0 bridgehead atoms. The maximum Gasteiger partial charge on any atom is 0.160 e. The Hall–Kier alpha value is -6.66. The molecule has 4 aromatic heterocycles. The molecule has 5 heteroatoms. The number of hydrogen-bond acceptors (Lipinski definition) is 4. The summed E-state index contributed by atoms with van der Waals surface area (Å²) in [7, 11) is 0. The number of para-hydroxylation sites is 1. The van der Waals surface area contributed by atoms with Crippen LogP contribution in [0.2, 0.25) is 0 Å². The van der Waals surface area contributed by atoms with E-state index in [-0.39, 0.29) is 0 Å². The first-order valence-corrected chi connectivity index (χ1v) is 20.1. The summed E-state index contributed by atoms with van der Waals surface area (Å²) in [6.07, 6.45) is 0. The van der Waals surface area contributed by atoms with E-state index < -0.39 is 0 Å². The quantitative estimate of drug-likeness (QED) is 0.180. The van der Waals surface area contributed by atoms with Crippen molar-refractivity contribution >= 4 is 95.6 Å². The number of fused-ring (bicyclic) bond motifs is 13. The van der Waals surface area contributed by atoms with E-state index in [0.29, 0.717) is 5.82 Å². The van der Waals surface area contributed by atoms with Gasteiger partial charge >= 0.3 is 0 Å². The molecule has 0 atom stereocenters. The van der Waals surface area contributed by atoms with E-state index in [1.807, 2.05) is 28.7 Å². The molecule has 0 aliphatic heterocycles. The zero-order valence-corrected chi connectivity index (χ0v) is 31.0. The molecular formula is C50H29N3S2. The topological polar surface area (TPSA) is 30.7 Å². The maximum atomic E-state index is 5.25. The van der Waals surface area contributed by atoms with Crippen molar-refractivity contribution in [3.8, 4) is 39.6 Å². The number of aromatic nitrogens is 3.